The maximum Gasteiger partial charge on any atom is 0.316 e. The minimum Gasteiger partial charge on any atom is -0.288 e. The summed E-state index contributed by atoms with van der Waals surface area (Å²) in [5, 5.41) is 8.94. The van der Waals surface area contributed by atoms with Crippen molar-refractivity contribution < 1.29 is 9.59 Å². The zero-order valence-corrected chi connectivity index (χ0v) is 9.87. The van der Waals surface area contributed by atoms with E-state index in [4.69, 9.17) is 0 Å². The Morgan fingerprint density at radius 2 is 1.82 bits per heavy atom. The molecule has 2 N–H and O–H groups in total. The van der Waals surface area contributed by atoms with Crippen LogP contribution in [0.25, 0.3) is 0 Å². The van der Waals surface area contributed by atoms with Gasteiger partial charge in [-0.3, -0.25) is 24.9 Å². The molecule has 0 aromatic carbocycles. The summed E-state index contributed by atoms with van der Waals surface area (Å²) in [6.45, 7) is 4.22. The second-order valence-corrected chi connectivity index (χ2v) is 3.85. The zero-order chi connectivity index (χ0) is 12.6. The third kappa shape index (κ3) is 2.03. The molecule has 17 heavy (non-hydrogen) atoms. The predicted octanol–water partition coefficient (Wildman–Crippen LogP) is -0.861. The van der Waals surface area contributed by atoms with Gasteiger partial charge >= 0.3 is 11.8 Å². The average Bonchev–Trinajstić information content (AvgIpc) is 2.69. The lowest BCUT2D eigenvalue weighted by atomic mass is 10.2. The van der Waals surface area contributed by atoms with E-state index in [2.05, 4.69) is 20.7 Å². The predicted molar refractivity (Wildman–Crippen MR) is 60.1 cm³/mol. The Kier molecular flexibility index (Phi) is 2.66. The quantitative estimate of drug-likeness (QED) is 0.654. The first-order valence-corrected chi connectivity index (χ1v) is 5.15. The number of aromatic nitrogens is 2. The number of hydrogen-bond acceptors (Lipinski definition) is 4. The fourth-order valence-electron chi connectivity index (χ4n) is 1.64. The van der Waals surface area contributed by atoms with E-state index in [1.807, 2.05) is 20.9 Å². The molecule has 1 aromatic rings. The first-order chi connectivity index (χ1) is 7.99. The Morgan fingerprint density at radius 1 is 1.24 bits per heavy atom. The molecule has 2 rings (SSSR count). The molecule has 2 heterocycles. The minimum absolute atomic E-state index is 0.197. The van der Waals surface area contributed by atoms with Gasteiger partial charge in [-0.15, -0.1) is 0 Å². The number of carbonyl (C=O) groups excluding carboxylic acids is 2. The molecule has 2 amide bonds. The van der Waals surface area contributed by atoms with E-state index >= 15 is 0 Å². The van der Waals surface area contributed by atoms with Gasteiger partial charge in [0.05, 0.1) is 12.2 Å². The van der Waals surface area contributed by atoms with Crippen molar-refractivity contribution in [2.24, 2.45) is 12.0 Å². The van der Waals surface area contributed by atoms with Crippen molar-refractivity contribution in [3.63, 3.8) is 0 Å². The van der Waals surface area contributed by atoms with Crippen LogP contribution in [0.15, 0.2) is 4.99 Å². The van der Waals surface area contributed by atoms with Crippen molar-refractivity contribution in [1.29, 1.82) is 0 Å². The molecule has 0 radical (unpaired) electrons. The van der Waals surface area contributed by atoms with Crippen molar-refractivity contribution >= 4 is 17.8 Å². The smallest absolute Gasteiger partial charge is 0.288 e. The molecular weight excluding hydrogens is 222 g/mol. The number of hydrogen-bond donors (Lipinski definition) is 2. The van der Waals surface area contributed by atoms with E-state index in [1.165, 1.54) is 0 Å². The van der Waals surface area contributed by atoms with Crippen LogP contribution in [0.5, 0.6) is 0 Å². The second-order valence-electron chi connectivity index (χ2n) is 3.85. The highest BCUT2D eigenvalue weighted by atomic mass is 16.2. The molecule has 0 bridgehead atoms. The molecule has 1 aromatic heterocycles. The molecule has 1 aliphatic rings. The topological polar surface area (TPSA) is 88.4 Å². The van der Waals surface area contributed by atoms with Gasteiger partial charge < -0.3 is 0 Å². The Balaban J connectivity index is 2.15. The number of amides is 2. The van der Waals surface area contributed by atoms with E-state index in [1.54, 1.807) is 4.68 Å². The van der Waals surface area contributed by atoms with E-state index in [-0.39, 0.29) is 5.96 Å². The van der Waals surface area contributed by atoms with Crippen molar-refractivity contribution in [2.45, 2.75) is 20.4 Å². The Labute approximate surface area is 97.9 Å². The lowest BCUT2D eigenvalue weighted by molar-refractivity contribution is -0.135. The van der Waals surface area contributed by atoms with Crippen molar-refractivity contribution in [1.82, 2.24) is 20.4 Å². The zero-order valence-electron chi connectivity index (χ0n) is 9.87. The average molecular weight is 235 g/mol. The fourth-order valence-corrected chi connectivity index (χ4v) is 1.64. The summed E-state index contributed by atoms with van der Waals surface area (Å²) in [6, 6.07) is 0. The van der Waals surface area contributed by atoms with Crippen LogP contribution in [0.1, 0.15) is 17.0 Å². The van der Waals surface area contributed by atoms with Crippen LogP contribution in [0.2, 0.25) is 0 Å². The number of carbonyl (C=O) groups is 2. The summed E-state index contributed by atoms with van der Waals surface area (Å²) < 4.78 is 1.77. The molecule has 0 unspecified atom stereocenters. The summed E-state index contributed by atoms with van der Waals surface area (Å²) in [7, 11) is 1.86. The van der Waals surface area contributed by atoms with Gasteiger partial charge in [0, 0.05) is 18.3 Å². The second kappa shape index (κ2) is 4.00. The standard InChI is InChI=1S/C10H13N5O2/c1-5-7(6(2)15(3)14-5)4-11-10-12-8(16)9(17)13-10/h4H2,1-3H3,(H2,11,12,13,16,17). The highest BCUT2D eigenvalue weighted by Crippen LogP contribution is 2.12. The number of aliphatic imine (C=N–C) groups is 1. The number of nitrogens with zero attached hydrogens (tertiary/aromatic N) is 3. The minimum atomic E-state index is -0.677. The molecule has 0 aliphatic carbocycles. The Morgan fingerprint density at radius 3 is 2.29 bits per heavy atom. The summed E-state index contributed by atoms with van der Waals surface area (Å²) in [6.07, 6.45) is 0. The molecule has 7 nitrogen and oxygen atoms in total. The van der Waals surface area contributed by atoms with Crippen LogP contribution >= 0.6 is 0 Å². The Bertz CT molecular complexity index is 511. The molecule has 0 saturated carbocycles. The highest BCUT2D eigenvalue weighted by Gasteiger charge is 2.25. The summed E-state index contributed by atoms with van der Waals surface area (Å²) >= 11 is 0. The van der Waals surface area contributed by atoms with Crippen molar-refractivity contribution in [2.75, 3.05) is 0 Å². The number of aryl methyl sites for hydroxylation is 2. The van der Waals surface area contributed by atoms with E-state index < -0.39 is 11.8 Å². The molecule has 0 spiro atoms. The van der Waals surface area contributed by atoms with Crippen molar-refractivity contribution in [3.8, 4) is 0 Å². The van der Waals surface area contributed by atoms with Gasteiger partial charge in [-0.1, -0.05) is 0 Å². The van der Waals surface area contributed by atoms with Crippen molar-refractivity contribution in [3.05, 3.63) is 17.0 Å². The summed E-state index contributed by atoms with van der Waals surface area (Å²) in [4.78, 5) is 26.0. The molecule has 0 atom stereocenters. The SMILES string of the molecule is Cc1nn(C)c(C)c1CN=C1NC(=O)C(=O)N1. The largest absolute Gasteiger partial charge is 0.316 e. The van der Waals surface area contributed by atoms with Gasteiger partial charge in [0.15, 0.2) is 0 Å². The molecule has 1 saturated heterocycles. The maximum atomic E-state index is 10.9. The van der Waals surface area contributed by atoms with E-state index in [9.17, 15) is 9.59 Å². The monoisotopic (exact) mass is 235 g/mol. The van der Waals surface area contributed by atoms with Crippen LogP contribution in [0.4, 0.5) is 0 Å². The van der Waals surface area contributed by atoms with Gasteiger partial charge in [-0.25, -0.2) is 4.99 Å². The Hall–Kier alpha value is -2.18. The van der Waals surface area contributed by atoms with Crippen LogP contribution in [-0.4, -0.2) is 27.6 Å². The number of guanidine groups is 1. The summed E-state index contributed by atoms with van der Waals surface area (Å²) in [5.41, 5.74) is 2.91. The molecule has 1 aliphatic heterocycles. The highest BCUT2D eigenvalue weighted by molar-refractivity contribution is 6.45. The van der Waals surface area contributed by atoms with Crippen LogP contribution in [0, 0.1) is 13.8 Å². The lowest BCUT2D eigenvalue weighted by Crippen LogP contribution is -2.25. The van der Waals surface area contributed by atoms with Gasteiger partial charge in [-0.05, 0) is 13.8 Å². The van der Waals surface area contributed by atoms with Gasteiger partial charge in [-0.2, -0.15) is 5.10 Å². The normalized spacial score (nSPS) is 14.9. The van der Waals surface area contributed by atoms with Gasteiger partial charge in [0.1, 0.15) is 0 Å². The van der Waals surface area contributed by atoms with Gasteiger partial charge in [0.25, 0.3) is 0 Å². The van der Waals surface area contributed by atoms with Crippen LogP contribution in [-0.2, 0) is 23.2 Å². The van der Waals surface area contributed by atoms with E-state index in [0.717, 1.165) is 17.0 Å². The molecule has 90 valence electrons. The van der Waals surface area contributed by atoms with Crippen LogP contribution < -0.4 is 10.6 Å². The molecular formula is C10H13N5O2. The van der Waals surface area contributed by atoms with Gasteiger partial charge in [0.2, 0.25) is 5.96 Å². The molecule has 7 heteroatoms. The lowest BCUT2D eigenvalue weighted by Gasteiger charge is -1.99. The molecule has 1 fully saturated rings. The third-order valence-electron chi connectivity index (χ3n) is 2.72. The third-order valence-corrected chi connectivity index (χ3v) is 2.72. The van der Waals surface area contributed by atoms with E-state index in [0.29, 0.717) is 6.54 Å². The number of nitrogens with one attached hydrogen (secondary N) is 2. The fraction of sp³-hybridized carbons (Fsp3) is 0.400. The first-order valence-electron chi connectivity index (χ1n) is 5.15. The number of rotatable bonds is 2. The summed E-state index contributed by atoms with van der Waals surface area (Å²) in [5.74, 6) is -1.16. The first kappa shape index (κ1) is 11.3. The van der Waals surface area contributed by atoms with Crippen LogP contribution in [0.3, 0.4) is 0 Å². The maximum absolute atomic E-state index is 10.9.